The van der Waals surface area contributed by atoms with Gasteiger partial charge in [0, 0.05) is 6.61 Å². The number of allylic oxidation sites excluding steroid dienone is 1. The zero-order valence-electron chi connectivity index (χ0n) is 11.3. The van der Waals surface area contributed by atoms with E-state index in [0.29, 0.717) is 11.8 Å². The lowest BCUT2D eigenvalue weighted by Crippen LogP contribution is -2.34. The lowest BCUT2D eigenvalue weighted by molar-refractivity contribution is -0.166. The molecule has 2 nitrogen and oxygen atoms in total. The monoisotopic (exact) mass is 226 g/mol. The molecule has 0 amide bonds. The minimum Gasteiger partial charge on any atom is -0.353 e. The molecule has 0 aromatic heterocycles. The van der Waals surface area contributed by atoms with E-state index in [0.717, 1.165) is 13.0 Å². The number of ether oxygens (including phenoxy) is 2. The minimum atomic E-state index is -0.0962. The van der Waals surface area contributed by atoms with Crippen molar-refractivity contribution >= 4 is 0 Å². The van der Waals surface area contributed by atoms with Crippen molar-refractivity contribution in [3.63, 3.8) is 0 Å². The SMILES string of the molecule is CCCOC(C)O[C@H]1C(C)=CCC(C)C1C. The molecule has 0 aromatic carbocycles. The second-order valence-corrected chi connectivity index (χ2v) is 5.02. The van der Waals surface area contributed by atoms with Gasteiger partial charge in [0.15, 0.2) is 6.29 Å². The standard InChI is InChI=1S/C14H26O2/c1-6-9-15-13(5)16-14-11(3)8-7-10(2)12(14)4/h8,10,12-14H,6-7,9H2,1-5H3/t10?,12?,13?,14-/m0/s1. The van der Waals surface area contributed by atoms with Crippen molar-refractivity contribution in [2.75, 3.05) is 6.61 Å². The summed E-state index contributed by atoms with van der Waals surface area (Å²) in [6.45, 7) is 11.6. The molecule has 0 heterocycles. The summed E-state index contributed by atoms with van der Waals surface area (Å²) in [5.41, 5.74) is 1.36. The quantitative estimate of drug-likeness (QED) is 0.525. The average molecular weight is 226 g/mol. The predicted molar refractivity (Wildman–Crippen MR) is 67.3 cm³/mol. The van der Waals surface area contributed by atoms with Crippen molar-refractivity contribution in [2.24, 2.45) is 11.8 Å². The molecule has 0 radical (unpaired) electrons. The second kappa shape index (κ2) is 6.41. The summed E-state index contributed by atoms with van der Waals surface area (Å²) in [7, 11) is 0. The zero-order chi connectivity index (χ0) is 12.1. The highest BCUT2D eigenvalue weighted by Gasteiger charge is 2.29. The summed E-state index contributed by atoms with van der Waals surface area (Å²) >= 11 is 0. The Morgan fingerprint density at radius 2 is 2.12 bits per heavy atom. The first-order chi connectivity index (χ1) is 7.56. The molecule has 0 spiro atoms. The van der Waals surface area contributed by atoms with Crippen molar-refractivity contribution in [2.45, 2.75) is 59.9 Å². The van der Waals surface area contributed by atoms with Crippen LogP contribution in [0.5, 0.6) is 0 Å². The van der Waals surface area contributed by atoms with Crippen molar-refractivity contribution < 1.29 is 9.47 Å². The van der Waals surface area contributed by atoms with Crippen LogP contribution in [0.25, 0.3) is 0 Å². The summed E-state index contributed by atoms with van der Waals surface area (Å²) in [5, 5.41) is 0. The highest BCUT2D eigenvalue weighted by atomic mass is 16.7. The van der Waals surface area contributed by atoms with Gasteiger partial charge in [-0.2, -0.15) is 0 Å². The summed E-state index contributed by atoms with van der Waals surface area (Å²) < 4.78 is 11.6. The first-order valence-electron chi connectivity index (χ1n) is 6.50. The van der Waals surface area contributed by atoms with Crippen LogP contribution < -0.4 is 0 Å². The largest absolute Gasteiger partial charge is 0.353 e. The van der Waals surface area contributed by atoms with Gasteiger partial charge in [0.25, 0.3) is 0 Å². The van der Waals surface area contributed by atoms with Crippen LogP contribution >= 0.6 is 0 Å². The van der Waals surface area contributed by atoms with Crippen LogP contribution in [0, 0.1) is 11.8 Å². The Morgan fingerprint density at radius 3 is 2.75 bits per heavy atom. The molecule has 1 aliphatic carbocycles. The van der Waals surface area contributed by atoms with Crippen LogP contribution in [0.15, 0.2) is 11.6 Å². The summed E-state index contributed by atoms with van der Waals surface area (Å²) in [6.07, 6.45) is 4.66. The van der Waals surface area contributed by atoms with Gasteiger partial charge < -0.3 is 9.47 Å². The Morgan fingerprint density at radius 1 is 1.44 bits per heavy atom. The summed E-state index contributed by atoms with van der Waals surface area (Å²) in [6, 6.07) is 0. The van der Waals surface area contributed by atoms with Crippen molar-refractivity contribution in [3.8, 4) is 0 Å². The third-order valence-corrected chi connectivity index (χ3v) is 3.53. The van der Waals surface area contributed by atoms with E-state index in [1.165, 1.54) is 12.0 Å². The molecular weight excluding hydrogens is 200 g/mol. The van der Waals surface area contributed by atoms with E-state index in [1.54, 1.807) is 0 Å². The number of rotatable bonds is 5. The Balaban J connectivity index is 2.50. The highest BCUT2D eigenvalue weighted by molar-refractivity contribution is 5.11. The predicted octanol–water partition coefficient (Wildman–Crippen LogP) is 3.77. The minimum absolute atomic E-state index is 0.0962. The molecule has 0 saturated heterocycles. The zero-order valence-corrected chi connectivity index (χ0v) is 11.3. The van der Waals surface area contributed by atoms with Gasteiger partial charge >= 0.3 is 0 Å². The molecule has 94 valence electrons. The van der Waals surface area contributed by atoms with Gasteiger partial charge in [-0.1, -0.05) is 26.8 Å². The fourth-order valence-corrected chi connectivity index (χ4v) is 2.18. The van der Waals surface area contributed by atoms with Gasteiger partial charge in [-0.25, -0.2) is 0 Å². The number of hydrogen-bond acceptors (Lipinski definition) is 2. The van der Waals surface area contributed by atoms with E-state index in [-0.39, 0.29) is 12.4 Å². The first-order valence-corrected chi connectivity index (χ1v) is 6.50. The molecule has 0 aromatic rings. The van der Waals surface area contributed by atoms with E-state index in [4.69, 9.17) is 9.47 Å². The van der Waals surface area contributed by atoms with E-state index < -0.39 is 0 Å². The molecule has 0 N–H and O–H groups in total. The third kappa shape index (κ3) is 3.60. The van der Waals surface area contributed by atoms with Crippen LogP contribution in [-0.4, -0.2) is 19.0 Å². The maximum atomic E-state index is 6.00. The lowest BCUT2D eigenvalue weighted by atomic mass is 9.80. The maximum absolute atomic E-state index is 6.00. The normalized spacial score (nSPS) is 32.3. The van der Waals surface area contributed by atoms with Gasteiger partial charge in [-0.15, -0.1) is 0 Å². The molecule has 0 bridgehead atoms. The van der Waals surface area contributed by atoms with Gasteiger partial charge in [0.2, 0.25) is 0 Å². The van der Waals surface area contributed by atoms with Crippen LogP contribution in [0.3, 0.4) is 0 Å². The van der Waals surface area contributed by atoms with Crippen LogP contribution in [0.4, 0.5) is 0 Å². The third-order valence-electron chi connectivity index (χ3n) is 3.53. The fraction of sp³-hybridized carbons (Fsp3) is 0.857. The molecule has 16 heavy (non-hydrogen) atoms. The van der Waals surface area contributed by atoms with Crippen molar-refractivity contribution in [1.82, 2.24) is 0 Å². The molecular formula is C14H26O2. The molecule has 3 unspecified atom stereocenters. The van der Waals surface area contributed by atoms with Crippen LogP contribution in [-0.2, 0) is 9.47 Å². The van der Waals surface area contributed by atoms with Gasteiger partial charge in [0.05, 0.1) is 6.10 Å². The van der Waals surface area contributed by atoms with E-state index in [9.17, 15) is 0 Å². The molecule has 1 rings (SSSR count). The fourth-order valence-electron chi connectivity index (χ4n) is 2.18. The van der Waals surface area contributed by atoms with E-state index in [2.05, 4.69) is 33.8 Å². The van der Waals surface area contributed by atoms with Crippen molar-refractivity contribution in [1.29, 1.82) is 0 Å². The Hall–Kier alpha value is -0.340. The van der Waals surface area contributed by atoms with Crippen LogP contribution in [0.2, 0.25) is 0 Å². The average Bonchev–Trinajstić information content (AvgIpc) is 2.27. The molecule has 0 aliphatic heterocycles. The number of hydrogen-bond donors (Lipinski definition) is 0. The molecule has 1 aliphatic rings. The topological polar surface area (TPSA) is 18.5 Å². The summed E-state index contributed by atoms with van der Waals surface area (Å²) in [5.74, 6) is 1.28. The van der Waals surface area contributed by atoms with Gasteiger partial charge in [-0.3, -0.25) is 0 Å². The van der Waals surface area contributed by atoms with Gasteiger partial charge in [-0.05, 0) is 44.1 Å². The molecule has 4 atom stereocenters. The molecule has 0 saturated carbocycles. The molecule has 2 heteroatoms. The smallest absolute Gasteiger partial charge is 0.155 e. The van der Waals surface area contributed by atoms with Gasteiger partial charge in [0.1, 0.15) is 0 Å². The Kier molecular flexibility index (Phi) is 5.50. The maximum Gasteiger partial charge on any atom is 0.155 e. The Labute approximate surface area is 100 Å². The highest BCUT2D eigenvalue weighted by Crippen LogP contribution is 2.32. The second-order valence-electron chi connectivity index (χ2n) is 5.02. The first kappa shape index (κ1) is 13.7. The molecule has 0 fully saturated rings. The van der Waals surface area contributed by atoms with E-state index in [1.807, 2.05) is 6.92 Å². The lowest BCUT2D eigenvalue weighted by Gasteiger charge is -2.35. The summed E-state index contributed by atoms with van der Waals surface area (Å²) in [4.78, 5) is 0. The van der Waals surface area contributed by atoms with Crippen LogP contribution in [0.1, 0.15) is 47.5 Å². The van der Waals surface area contributed by atoms with Crippen molar-refractivity contribution in [3.05, 3.63) is 11.6 Å². The van der Waals surface area contributed by atoms with E-state index >= 15 is 0 Å². The Bertz CT molecular complexity index is 235.